The summed E-state index contributed by atoms with van der Waals surface area (Å²) in [7, 11) is 0. The van der Waals surface area contributed by atoms with Crippen LogP contribution >= 0.6 is 0 Å². The van der Waals surface area contributed by atoms with Gasteiger partial charge in [0.15, 0.2) is 0 Å². The van der Waals surface area contributed by atoms with E-state index >= 15 is 0 Å². The van der Waals surface area contributed by atoms with E-state index in [1.54, 1.807) is 12.4 Å². The Kier molecular flexibility index (Phi) is 5.02. The number of nitrogens with zero attached hydrogens (tertiary/aromatic N) is 2. The first-order valence-corrected chi connectivity index (χ1v) is 5.99. The van der Waals surface area contributed by atoms with E-state index in [4.69, 9.17) is 0 Å². The van der Waals surface area contributed by atoms with Crippen LogP contribution in [0.3, 0.4) is 0 Å². The SMILES string of the molecule is CCNc1cncc(NC(CC)C(C)C)n1. The molecule has 0 aliphatic carbocycles. The van der Waals surface area contributed by atoms with E-state index in [1.807, 2.05) is 6.92 Å². The fourth-order valence-corrected chi connectivity index (χ4v) is 1.63. The lowest BCUT2D eigenvalue weighted by molar-refractivity contribution is 0.509. The molecule has 0 aliphatic rings. The van der Waals surface area contributed by atoms with Gasteiger partial charge in [-0.15, -0.1) is 0 Å². The monoisotopic (exact) mass is 222 g/mol. The molecular formula is C12H22N4. The molecule has 1 atom stereocenters. The van der Waals surface area contributed by atoms with Gasteiger partial charge >= 0.3 is 0 Å². The average Bonchev–Trinajstić information content (AvgIpc) is 2.26. The van der Waals surface area contributed by atoms with Crippen LogP contribution in [0.4, 0.5) is 11.6 Å². The van der Waals surface area contributed by atoms with Crippen molar-refractivity contribution in [3.05, 3.63) is 12.4 Å². The summed E-state index contributed by atoms with van der Waals surface area (Å²) >= 11 is 0. The van der Waals surface area contributed by atoms with Crippen molar-refractivity contribution in [3.63, 3.8) is 0 Å². The van der Waals surface area contributed by atoms with Crippen LogP contribution < -0.4 is 10.6 Å². The third-order valence-electron chi connectivity index (χ3n) is 2.57. The second-order valence-corrected chi connectivity index (χ2v) is 4.22. The number of anilines is 2. The molecule has 90 valence electrons. The van der Waals surface area contributed by atoms with E-state index in [9.17, 15) is 0 Å². The van der Waals surface area contributed by atoms with E-state index in [0.717, 1.165) is 24.6 Å². The van der Waals surface area contributed by atoms with Gasteiger partial charge in [-0.1, -0.05) is 20.8 Å². The fourth-order valence-electron chi connectivity index (χ4n) is 1.63. The van der Waals surface area contributed by atoms with Gasteiger partial charge in [-0.25, -0.2) is 4.98 Å². The van der Waals surface area contributed by atoms with E-state index in [2.05, 4.69) is 41.4 Å². The Labute approximate surface area is 97.9 Å². The highest BCUT2D eigenvalue weighted by Crippen LogP contribution is 2.13. The van der Waals surface area contributed by atoms with Gasteiger partial charge in [0.1, 0.15) is 11.6 Å². The molecule has 0 saturated heterocycles. The van der Waals surface area contributed by atoms with Crippen molar-refractivity contribution in [2.75, 3.05) is 17.2 Å². The molecule has 0 spiro atoms. The maximum absolute atomic E-state index is 4.45. The van der Waals surface area contributed by atoms with Crippen molar-refractivity contribution in [3.8, 4) is 0 Å². The Morgan fingerprint density at radius 3 is 2.44 bits per heavy atom. The van der Waals surface area contributed by atoms with Crippen LogP contribution in [0.2, 0.25) is 0 Å². The van der Waals surface area contributed by atoms with Gasteiger partial charge < -0.3 is 10.6 Å². The van der Waals surface area contributed by atoms with Crippen LogP contribution in [0.1, 0.15) is 34.1 Å². The van der Waals surface area contributed by atoms with Gasteiger partial charge in [0, 0.05) is 12.6 Å². The summed E-state index contributed by atoms with van der Waals surface area (Å²) in [6, 6.07) is 0.450. The zero-order valence-electron chi connectivity index (χ0n) is 10.6. The highest BCUT2D eigenvalue weighted by Gasteiger charge is 2.11. The summed E-state index contributed by atoms with van der Waals surface area (Å²) in [5.74, 6) is 2.26. The number of aromatic nitrogens is 2. The predicted octanol–water partition coefficient (Wildman–Crippen LogP) is 2.75. The zero-order chi connectivity index (χ0) is 12.0. The van der Waals surface area contributed by atoms with Crippen molar-refractivity contribution in [2.24, 2.45) is 5.92 Å². The van der Waals surface area contributed by atoms with E-state index < -0.39 is 0 Å². The third kappa shape index (κ3) is 3.68. The quantitative estimate of drug-likeness (QED) is 0.777. The van der Waals surface area contributed by atoms with Crippen molar-refractivity contribution in [1.82, 2.24) is 9.97 Å². The van der Waals surface area contributed by atoms with Crippen LogP contribution in [0, 0.1) is 5.92 Å². The topological polar surface area (TPSA) is 49.8 Å². The Hall–Kier alpha value is -1.32. The van der Waals surface area contributed by atoms with E-state index in [-0.39, 0.29) is 0 Å². The first-order chi connectivity index (χ1) is 7.67. The normalized spacial score (nSPS) is 12.6. The van der Waals surface area contributed by atoms with Crippen LogP contribution in [0.25, 0.3) is 0 Å². The fraction of sp³-hybridized carbons (Fsp3) is 0.667. The maximum atomic E-state index is 4.45. The minimum atomic E-state index is 0.450. The van der Waals surface area contributed by atoms with E-state index in [1.165, 1.54) is 0 Å². The molecule has 1 unspecified atom stereocenters. The molecule has 1 rings (SSSR count). The van der Waals surface area contributed by atoms with Crippen molar-refractivity contribution in [1.29, 1.82) is 0 Å². The molecule has 0 aromatic carbocycles. The minimum absolute atomic E-state index is 0.450. The van der Waals surface area contributed by atoms with Gasteiger partial charge in [0.25, 0.3) is 0 Å². The lowest BCUT2D eigenvalue weighted by Gasteiger charge is -2.21. The third-order valence-corrected chi connectivity index (χ3v) is 2.57. The van der Waals surface area contributed by atoms with Gasteiger partial charge in [-0.2, -0.15) is 0 Å². The summed E-state index contributed by atoms with van der Waals surface area (Å²) in [5, 5.41) is 6.57. The molecule has 0 radical (unpaired) electrons. The molecule has 16 heavy (non-hydrogen) atoms. The van der Waals surface area contributed by atoms with Crippen molar-refractivity contribution in [2.45, 2.75) is 40.2 Å². The van der Waals surface area contributed by atoms with Crippen molar-refractivity contribution < 1.29 is 0 Å². The summed E-state index contributed by atoms with van der Waals surface area (Å²) in [6.07, 6.45) is 4.60. The molecule has 1 aromatic heterocycles. The molecule has 0 fully saturated rings. The first-order valence-electron chi connectivity index (χ1n) is 5.99. The Bertz CT molecular complexity index is 312. The van der Waals surface area contributed by atoms with Crippen molar-refractivity contribution >= 4 is 11.6 Å². The summed E-state index contributed by atoms with van der Waals surface area (Å²) < 4.78 is 0. The smallest absolute Gasteiger partial charge is 0.147 e. The van der Waals surface area contributed by atoms with Crippen LogP contribution in [0.5, 0.6) is 0 Å². The number of hydrogen-bond acceptors (Lipinski definition) is 4. The highest BCUT2D eigenvalue weighted by molar-refractivity contribution is 5.42. The standard InChI is InChI=1S/C12H22N4/c1-5-10(9(3)4)15-12-8-13-7-11(16-12)14-6-2/h7-10H,5-6H2,1-4H3,(H2,14,15,16). The summed E-state index contributed by atoms with van der Waals surface area (Å²) in [4.78, 5) is 8.61. The van der Waals surface area contributed by atoms with Crippen LogP contribution in [-0.4, -0.2) is 22.6 Å². The predicted molar refractivity (Wildman–Crippen MR) is 68.7 cm³/mol. The largest absolute Gasteiger partial charge is 0.369 e. The molecule has 0 bridgehead atoms. The van der Waals surface area contributed by atoms with Gasteiger partial charge in [0.05, 0.1) is 12.4 Å². The van der Waals surface area contributed by atoms with Gasteiger partial charge in [-0.05, 0) is 19.3 Å². The van der Waals surface area contributed by atoms with Gasteiger partial charge in [0.2, 0.25) is 0 Å². The van der Waals surface area contributed by atoms with E-state index in [0.29, 0.717) is 12.0 Å². The Morgan fingerprint density at radius 1 is 1.19 bits per heavy atom. The Morgan fingerprint density at radius 2 is 1.88 bits per heavy atom. The molecule has 0 saturated carbocycles. The lowest BCUT2D eigenvalue weighted by atomic mass is 10.0. The molecular weight excluding hydrogens is 200 g/mol. The van der Waals surface area contributed by atoms with Crippen LogP contribution in [-0.2, 0) is 0 Å². The van der Waals surface area contributed by atoms with Crippen LogP contribution in [0.15, 0.2) is 12.4 Å². The lowest BCUT2D eigenvalue weighted by Crippen LogP contribution is -2.25. The summed E-state index contributed by atoms with van der Waals surface area (Å²) in [5.41, 5.74) is 0. The Balaban J connectivity index is 2.68. The summed E-state index contributed by atoms with van der Waals surface area (Å²) in [6.45, 7) is 9.51. The molecule has 4 nitrogen and oxygen atoms in total. The minimum Gasteiger partial charge on any atom is -0.369 e. The second kappa shape index (κ2) is 6.30. The first kappa shape index (κ1) is 12.7. The number of rotatable bonds is 6. The highest BCUT2D eigenvalue weighted by atomic mass is 15.1. The molecule has 4 heteroatoms. The zero-order valence-corrected chi connectivity index (χ0v) is 10.6. The number of nitrogens with one attached hydrogen (secondary N) is 2. The number of hydrogen-bond donors (Lipinski definition) is 2. The molecule has 0 aliphatic heterocycles. The molecule has 2 N–H and O–H groups in total. The molecule has 1 heterocycles. The van der Waals surface area contributed by atoms with Gasteiger partial charge in [-0.3, -0.25) is 4.98 Å². The maximum Gasteiger partial charge on any atom is 0.147 e. The molecule has 1 aromatic rings. The second-order valence-electron chi connectivity index (χ2n) is 4.22. The molecule has 0 amide bonds. The average molecular weight is 222 g/mol.